The quantitative estimate of drug-likeness (QED) is 0.615. The second-order valence-corrected chi connectivity index (χ2v) is 6.59. The van der Waals surface area contributed by atoms with Crippen molar-refractivity contribution in [1.29, 1.82) is 0 Å². The maximum absolute atomic E-state index is 10.4. The lowest BCUT2D eigenvalue weighted by Gasteiger charge is -2.11. The molecule has 5 nitrogen and oxygen atoms in total. The van der Waals surface area contributed by atoms with Crippen molar-refractivity contribution in [3.63, 3.8) is 0 Å². The van der Waals surface area contributed by atoms with Gasteiger partial charge in [0.1, 0.15) is 22.9 Å². The molecule has 3 aromatic rings. The first-order valence-corrected chi connectivity index (χ1v) is 8.83. The maximum atomic E-state index is 10.4. The molecule has 0 saturated carbocycles. The van der Waals surface area contributed by atoms with Gasteiger partial charge in [-0.25, -0.2) is 0 Å². The highest BCUT2D eigenvalue weighted by atomic mass is 16.5. The van der Waals surface area contributed by atoms with Gasteiger partial charge in [-0.05, 0) is 42.2 Å². The zero-order valence-corrected chi connectivity index (χ0v) is 15.3. The van der Waals surface area contributed by atoms with Crippen LogP contribution in [0.15, 0.2) is 48.7 Å². The van der Waals surface area contributed by atoms with Crippen LogP contribution in [0.5, 0.6) is 23.0 Å². The Morgan fingerprint density at radius 1 is 1.08 bits per heavy atom. The van der Waals surface area contributed by atoms with E-state index in [-0.39, 0.29) is 5.75 Å². The van der Waals surface area contributed by atoms with Crippen molar-refractivity contribution in [3.05, 3.63) is 54.2 Å². The standard InChI is InChI=1S/C21H24N2O3/c1-4-15-5-7-16(8-6-15)26-20-12-22-23-21(20)18-10-9-17(11-19(18)24)25-13-14(2)3/h5-12,14,24H,4,13H2,1-3H3,(H,22,23). The van der Waals surface area contributed by atoms with E-state index in [0.717, 1.165) is 12.2 Å². The molecule has 0 aliphatic heterocycles. The average molecular weight is 352 g/mol. The van der Waals surface area contributed by atoms with Crippen molar-refractivity contribution in [3.8, 4) is 34.3 Å². The Bertz CT molecular complexity index is 854. The Morgan fingerprint density at radius 3 is 2.46 bits per heavy atom. The Hall–Kier alpha value is -2.95. The lowest BCUT2D eigenvalue weighted by atomic mass is 10.1. The summed E-state index contributed by atoms with van der Waals surface area (Å²) in [4.78, 5) is 0. The van der Waals surface area contributed by atoms with Crippen LogP contribution in [0.4, 0.5) is 0 Å². The van der Waals surface area contributed by atoms with E-state index in [4.69, 9.17) is 9.47 Å². The highest BCUT2D eigenvalue weighted by molar-refractivity contribution is 5.73. The van der Waals surface area contributed by atoms with Crippen molar-refractivity contribution in [2.75, 3.05) is 6.61 Å². The molecule has 2 aromatic carbocycles. The molecule has 1 aromatic heterocycles. The summed E-state index contributed by atoms with van der Waals surface area (Å²) in [6.07, 6.45) is 2.59. The number of aromatic amines is 1. The minimum Gasteiger partial charge on any atom is -0.507 e. The van der Waals surface area contributed by atoms with Crippen LogP contribution >= 0.6 is 0 Å². The van der Waals surface area contributed by atoms with Gasteiger partial charge >= 0.3 is 0 Å². The van der Waals surface area contributed by atoms with E-state index in [0.29, 0.717) is 35.3 Å². The van der Waals surface area contributed by atoms with E-state index in [1.807, 2.05) is 30.3 Å². The summed E-state index contributed by atoms with van der Waals surface area (Å²) in [5.74, 6) is 2.45. The van der Waals surface area contributed by atoms with Crippen LogP contribution in [0.1, 0.15) is 26.3 Å². The van der Waals surface area contributed by atoms with E-state index in [9.17, 15) is 5.11 Å². The van der Waals surface area contributed by atoms with Crippen LogP contribution in [-0.2, 0) is 6.42 Å². The number of aromatic hydroxyl groups is 1. The molecule has 0 unspecified atom stereocenters. The van der Waals surface area contributed by atoms with Crippen LogP contribution in [0.3, 0.4) is 0 Å². The van der Waals surface area contributed by atoms with Crippen LogP contribution in [0, 0.1) is 5.92 Å². The normalized spacial score (nSPS) is 10.9. The Balaban J connectivity index is 1.81. The Labute approximate surface area is 153 Å². The summed E-state index contributed by atoms with van der Waals surface area (Å²) >= 11 is 0. The molecule has 0 radical (unpaired) electrons. The first kappa shape index (κ1) is 17.9. The summed E-state index contributed by atoms with van der Waals surface area (Å²) in [7, 11) is 0. The minimum atomic E-state index is 0.113. The third-order valence-corrected chi connectivity index (χ3v) is 3.99. The van der Waals surface area contributed by atoms with Gasteiger partial charge in [-0.2, -0.15) is 5.10 Å². The molecule has 3 rings (SSSR count). The third-order valence-electron chi connectivity index (χ3n) is 3.99. The van der Waals surface area contributed by atoms with Gasteiger partial charge in [0.05, 0.1) is 12.8 Å². The minimum absolute atomic E-state index is 0.113. The number of hydrogen-bond donors (Lipinski definition) is 2. The van der Waals surface area contributed by atoms with Crippen molar-refractivity contribution in [2.45, 2.75) is 27.2 Å². The van der Waals surface area contributed by atoms with Crippen molar-refractivity contribution in [1.82, 2.24) is 10.2 Å². The fraction of sp³-hybridized carbons (Fsp3) is 0.286. The van der Waals surface area contributed by atoms with Gasteiger partial charge < -0.3 is 14.6 Å². The topological polar surface area (TPSA) is 67.4 Å². The molecule has 0 fully saturated rings. The highest BCUT2D eigenvalue weighted by Crippen LogP contribution is 2.38. The molecular formula is C21H24N2O3. The molecule has 2 N–H and O–H groups in total. The molecule has 5 heteroatoms. The number of rotatable bonds is 7. The molecule has 0 saturated heterocycles. The van der Waals surface area contributed by atoms with Gasteiger partial charge in [0.2, 0.25) is 0 Å². The van der Waals surface area contributed by atoms with E-state index in [2.05, 4.69) is 31.0 Å². The summed E-state index contributed by atoms with van der Waals surface area (Å²) < 4.78 is 11.6. The number of nitrogens with zero attached hydrogens (tertiary/aromatic N) is 1. The monoisotopic (exact) mass is 352 g/mol. The number of H-pyrrole nitrogens is 1. The summed E-state index contributed by atoms with van der Waals surface area (Å²) in [6, 6.07) is 13.2. The molecular weight excluding hydrogens is 328 g/mol. The molecule has 0 amide bonds. The van der Waals surface area contributed by atoms with E-state index >= 15 is 0 Å². The largest absolute Gasteiger partial charge is 0.507 e. The predicted molar refractivity (Wildman–Crippen MR) is 102 cm³/mol. The first-order chi connectivity index (χ1) is 12.6. The van der Waals surface area contributed by atoms with Crippen molar-refractivity contribution in [2.24, 2.45) is 5.92 Å². The van der Waals surface area contributed by atoms with Gasteiger partial charge in [0, 0.05) is 11.6 Å². The number of ether oxygens (including phenoxy) is 2. The number of nitrogens with one attached hydrogen (secondary N) is 1. The van der Waals surface area contributed by atoms with E-state index in [1.54, 1.807) is 18.3 Å². The molecule has 0 bridgehead atoms. The van der Waals surface area contributed by atoms with Crippen LogP contribution in [0.2, 0.25) is 0 Å². The van der Waals surface area contributed by atoms with E-state index < -0.39 is 0 Å². The molecule has 0 aliphatic rings. The number of hydrogen-bond acceptors (Lipinski definition) is 4. The number of aromatic nitrogens is 2. The number of phenolic OH excluding ortho intramolecular Hbond substituents is 1. The molecule has 0 atom stereocenters. The summed E-state index contributed by atoms with van der Waals surface area (Å²) in [6.45, 7) is 6.87. The average Bonchev–Trinajstić information content (AvgIpc) is 3.08. The van der Waals surface area contributed by atoms with Crippen LogP contribution < -0.4 is 9.47 Å². The van der Waals surface area contributed by atoms with Crippen LogP contribution in [0.25, 0.3) is 11.3 Å². The highest BCUT2D eigenvalue weighted by Gasteiger charge is 2.15. The predicted octanol–water partition coefficient (Wildman–Crippen LogP) is 5.17. The second-order valence-electron chi connectivity index (χ2n) is 6.59. The number of aryl methyl sites for hydroxylation is 1. The van der Waals surface area contributed by atoms with Crippen LogP contribution in [-0.4, -0.2) is 21.9 Å². The van der Waals surface area contributed by atoms with Crippen molar-refractivity contribution < 1.29 is 14.6 Å². The summed E-state index contributed by atoms with van der Waals surface area (Å²) in [5.41, 5.74) is 2.48. The Kier molecular flexibility index (Phi) is 5.46. The number of benzene rings is 2. The van der Waals surface area contributed by atoms with Gasteiger partial charge in [0.15, 0.2) is 5.75 Å². The zero-order chi connectivity index (χ0) is 18.5. The van der Waals surface area contributed by atoms with E-state index in [1.165, 1.54) is 5.56 Å². The van der Waals surface area contributed by atoms with Gasteiger partial charge in [-0.15, -0.1) is 0 Å². The lowest BCUT2D eigenvalue weighted by molar-refractivity contribution is 0.270. The zero-order valence-electron chi connectivity index (χ0n) is 15.3. The van der Waals surface area contributed by atoms with Gasteiger partial charge in [-0.3, -0.25) is 5.10 Å². The Morgan fingerprint density at radius 2 is 1.81 bits per heavy atom. The maximum Gasteiger partial charge on any atom is 0.173 e. The SMILES string of the molecule is CCc1ccc(Oc2cn[nH]c2-c2ccc(OCC(C)C)cc2O)cc1. The van der Waals surface area contributed by atoms with Gasteiger partial charge in [0.25, 0.3) is 0 Å². The van der Waals surface area contributed by atoms with Gasteiger partial charge in [-0.1, -0.05) is 32.9 Å². The first-order valence-electron chi connectivity index (χ1n) is 8.83. The van der Waals surface area contributed by atoms with Crippen molar-refractivity contribution >= 4 is 0 Å². The molecule has 136 valence electrons. The molecule has 0 aliphatic carbocycles. The molecule has 26 heavy (non-hydrogen) atoms. The molecule has 1 heterocycles. The smallest absolute Gasteiger partial charge is 0.173 e. The second kappa shape index (κ2) is 7.95. The molecule has 0 spiro atoms. The third kappa shape index (κ3) is 4.17. The fourth-order valence-corrected chi connectivity index (χ4v) is 2.54. The lowest BCUT2D eigenvalue weighted by Crippen LogP contribution is -2.04. The fourth-order valence-electron chi connectivity index (χ4n) is 2.54. The number of phenols is 1. The summed E-state index contributed by atoms with van der Waals surface area (Å²) in [5, 5.41) is 17.4.